The fourth-order valence-electron chi connectivity index (χ4n) is 1.37. The van der Waals surface area contributed by atoms with Crippen LogP contribution in [0.3, 0.4) is 0 Å². The van der Waals surface area contributed by atoms with E-state index in [-0.39, 0.29) is 5.91 Å². The standard InChI is InChI=1S/C12H12N2O2/c1-9-8-16-14-11(9)12(15)13-7-10-5-3-2-4-6-10/h2-6,8H,7H2,1H3,(H,13,15). The monoisotopic (exact) mass is 216 g/mol. The molecule has 1 amide bonds. The lowest BCUT2D eigenvalue weighted by molar-refractivity contribution is 0.0941. The molecule has 1 N–H and O–H groups in total. The van der Waals surface area contributed by atoms with Crippen LogP contribution in [0.1, 0.15) is 21.6 Å². The van der Waals surface area contributed by atoms with E-state index >= 15 is 0 Å². The molecule has 1 heterocycles. The number of nitrogens with one attached hydrogen (secondary N) is 1. The first-order chi connectivity index (χ1) is 7.77. The first-order valence-corrected chi connectivity index (χ1v) is 5.00. The summed E-state index contributed by atoms with van der Waals surface area (Å²) in [6, 6.07) is 9.71. The zero-order chi connectivity index (χ0) is 11.4. The van der Waals surface area contributed by atoms with Gasteiger partial charge in [0.2, 0.25) is 0 Å². The van der Waals surface area contributed by atoms with Gasteiger partial charge in [-0.1, -0.05) is 35.5 Å². The molecule has 0 fully saturated rings. The van der Waals surface area contributed by atoms with Crippen LogP contribution in [0.15, 0.2) is 41.1 Å². The molecule has 2 aromatic rings. The Balaban J connectivity index is 1.97. The summed E-state index contributed by atoms with van der Waals surface area (Å²) in [6.07, 6.45) is 1.46. The fourth-order valence-corrected chi connectivity index (χ4v) is 1.37. The third kappa shape index (κ3) is 2.28. The molecule has 0 atom stereocenters. The molecular weight excluding hydrogens is 204 g/mol. The molecule has 0 saturated carbocycles. The van der Waals surface area contributed by atoms with Crippen LogP contribution >= 0.6 is 0 Å². The highest BCUT2D eigenvalue weighted by molar-refractivity contribution is 5.93. The summed E-state index contributed by atoms with van der Waals surface area (Å²) in [5.74, 6) is -0.213. The molecular formula is C12H12N2O2. The minimum absolute atomic E-state index is 0.213. The second-order valence-corrected chi connectivity index (χ2v) is 3.51. The Morgan fingerprint density at radius 3 is 2.75 bits per heavy atom. The molecule has 0 aliphatic carbocycles. The average molecular weight is 216 g/mol. The fraction of sp³-hybridized carbons (Fsp3) is 0.167. The number of rotatable bonds is 3. The van der Waals surface area contributed by atoms with Crippen molar-refractivity contribution in [1.82, 2.24) is 10.5 Å². The average Bonchev–Trinajstić information content (AvgIpc) is 2.74. The molecule has 0 aliphatic rings. The Morgan fingerprint density at radius 2 is 2.12 bits per heavy atom. The van der Waals surface area contributed by atoms with Crippen molar-refractivity contribution in [3.05, 3.63) is 53.4 Å². The topological polar surface area (TPSA) is 55.1 Å². The zero-order valence-electron chi connectivity index (χ0n) is 8.93. The van der Waals surface area contributed by atoms with Crippen molar-refractivity contribution in [2.45, 2.75) is 13.5 Å². The Hall–Kier alpha value is -2.10. The lowest BCUT2D eigenvalue weighted by Crippen LogP contribution is -2.23. The lowest BCUT2D eigenvalue weighted by atomic mass is 10.2. The van der Waals surface area contributed by atoms with Crippen LogP contribution in [0.25, 0.3) is 0 Å². The number of aromatic nitrogens is 1. The minimum Gasteiger partial charge on any atom is -0.364 e. The van der Waals surface area contributed by atoms with E-state index in [9.17, 15) is 4.79 Å². The number of benzene rings is 1. The molecule has 0 unspecified atom stereocenters. The number of amides is 1. The largest absolute Gasteiger partial charge is 0.364 e. The number of nitrogens with zero attached hydrogens (tertiary/aromatic N) is 1. The van der Waals surface area contributed by atoms with Crippen molar-refractivity contribution >= 4 is 5.91 Å². The summed E-state index contributed by atoms with van der Waals surface area (Å²) in [5, 5.41) is 6.42. The number of hydrogen-bond acceptors (Lipinski definition) is 3. The minimum atomic E-state index is -0.213. The normalized spacial score (nSPS) is 10.1. The van der Waals surface area contributed by atoms with Crippen LogP contribution in [0.2, 0.25) is 0 Å². The van der Waals surface area contributed by atoms with E-state index in [1.165, 1.54) is 6.26 Å². The molecule has 82 valence electrons. The maximum atomic E-state index is 11.7. The van der Waals surface area contributed by atoms with Crippen molar-refractivity contribution in [2.75, 3.05) is 0 Å². The van der Waals surface area contributed by atoms with E-state index in [1.807, 2.05) is 30.3 Å². The lowest BCUT2D eigenvalue weighted by Gasteiger charge is -2.02. The van der Waals surface area contributed by atoms with Gasteiger partial charge in [-0.05, 0) is 12.5 Å². The van der Waals surface area contributed by atoms with Crippen molar-refractivity contribution in [1.29, 1.82) is 0 Å². The van der Waals surface area contributed by atoms with Gasteiger partial charge in [0.15, 0.2) is 5.69 Å². The van der Waals surface area contributed by atoms with Gasteiger partial charge in [0.1, 0.15) is 6.26 Å². The van der Waals surface area contributed by atoms with E-state index in [1.54, 1.807) is 6.92 Å². The molecule has 1 aromatic heterocycles. The maximum absolute atomic E-state index is 11.7. The quantitative estimate of drug-likeness (QED) is 0.852. The molecule has 16 heavy (non-hydrogen) atoms. The molecule has 0 radical (unpaired) electrons. The van der Waals surface area contributed by atoms with E-state index in [2.05, 4.69) is 10.5 Å². The summed E-state index contributed by atoms with van der Waals surface area (Å²) >= 11 is 0. The molecule has 4 nitrogen and oxygen atoms in total. The highest BCUT2D eigenvalue weighted by atomic mass is 16.5. The molecule has 0 bridgehead atoms. The van der Waals surface area contributed by atoms with Gasteiger partial charge in [-0.2, -0.15) is 0 Å². The molecule has 1 aromatic carbocycles. The van der Waals surface area contributed by atoms with Gasteiger partial charge in [0.05, 0.1) is 0 Å². The van der Waals surface area contributed by atoms with Crippen LogP contribution in [0, 0.1) is 6.92 Å². The number of carbonyl (C=O) groups is 1. The van der Waals surface area contributed by atoms with Crippen molar-refractivity contribution in [2.24, 2.45) is 0 Å². The predicted octanol–water partition coefficient (Wildman–Crippen LogP) is 1.91. The first kappa shape index (κ1) is 10.4. The third-order valence-electron chi connectivity index (χ3n) is 2.26. The van der Waals surface area contributed by atoms with Gasteiger partial charge in [-0.3, -0.25) is 4.79 Å². The summed E-state index contributed by atoms with van der Waals surface area (Å²) in [4.78, 5) is 11.7. The number of aryl methyl sites for hydroxylation is 1. The third-order valence-corrected chi connectivity index (χ3v) is 2.26. The van der Waals surface area contributed by atoms with Crippen LogP contribution in [0.5, 0.6) is 0 Å². The van der Waals surface area contributed by atoms with Crippen LogP contribution in [-0.4, -0.2) is 11.1 Å². The van der Waals surface area contributed by atoms with Gasteiger partial charge in [-0.15, -0.1) is 0 Å². The molecule has 0 aliphatic heterocycles. The van der Waals surface area contributed by atoms with Crippen LogP contribution < -0.4 is 5.32 Å². The smallest absolute Gasteiger partial charge is 0.274 e. The van der Waals surface area contributed by atoms with Gasteiger partial charge < -0.3 is 9.84 Å². The van der Waals surface area contributed by atoms with E-state index in [0.29, 0.717) is 12.2 Å². The molecule has 2 rings (SSSR count). The Kier molecular flexibility index (Phi) is 3.00. The highest BCUT2D eigenvalue weighted by Gasteiger charge is 2.12. The van der Waals surface area contributed by atoms with E-state index in [0.717, 1.165) is 11.1 Å². The van der Waals surface area contributed by atoms with Crippen LogP contribution in [0.4, 0.5) is 0 Å². The SMILES string of the molecule is Cc1conc1C(=O)NCc1ccccc1. The highest BCUT2D eigenvalue weighted by Crippen LogP contribution is 2.04. The van der Waals surface area contributed by atoms with Crippen molar-refractivity contribution in [3.63, 3.8) is 0 Å². The van der Waals surface area contributed by atoms with Gasteiger partial charge in [-0.25, -0.2) is 0 Å². The van der Waals surface area contributed by atoms with E-state index < -0.39 is 0 Å². The van der Waals surface area contributed by atoms with Crippen molar-refractivity contribution in [3.8, 4) is 0 Å². The zero-order valence-corrected chi connectivity index (χ0v) is 8.93. The molecule has 4 heteroatoms. The summed E-state index contributed by atoms with van der Waals surface area (Å²) in [5.41, 5.74) is 2.14. The predicted molar refractivity (Wildman–Crippen MR) is 58.9 cm³/mol. The van der Waals surface area contributed by atoms with Gasteiger partial charge in [0, 0.05) is 12.1 Å². The molecule has 0 saturated heterocycles. The Morgan fingerprint density at radius 1 is 1.38 bits per heavy atom. The number of carbonyl (C=O) groups excluding carboxylic acids is 1. The van der Waals surface area contributed by atoms with Crippen LogP contribution in [-0.2, 0) is 6.54 Å². The maximum Gasteiger partial charge on any atom is 0.274 e. The second-order valence-electron chi connectivity index (χ2n) is 3.51. The van der Waals surface area contributed by atoms with Gasteiger partial charge in [0.25, 0.3) is 5.91 Å². The summed E-state index contributed by atoms with van der Waals surface area (Å²) in [7, 11) is 0. The van der Waals surface area contributed by atoms with Crippen molar-refractivity contribution < 1.29 is 9.32 Å². The summed E-state index contributed by atoms with van der Waals surface area (Å²) < 4.78 is 4.71. The molecule has 0 spiro atoms. The Bertz CT molecular complexity index is 477. The second kappa shape index (κ2) is 4.61. The van der Waals surface area contributed by atoms with Gasteiger partial charge >= 0.3 is 0 Å². The first-order valence-electron chi connectivity index (χ1n) is 5.00. The van der Waals surface area contributed by atoms with E-state index in [4.69, 9.17) is 4.52 Å². The number of hydrogen-bond donors (Lipinski definition) is 1. The summed E-state index contributed by atoms with van der Waals surface area (Å²) in [6.45, 7) is 2.28. The Labute approximate surface area is 93.3 Å².